The Balaban J connectivity index is 2.73. The Morgan fingerprint density at radius 1 is 1.38 bits per heavy atom. The summed E-state index contributed by atoms with van der Waals surface area (Å²) in [7, 11) is 3.34. The SMILES string of the molecule is CCC[C@H](C)NC(=O)COC(=O)c1ccc(N(C)C)c([N+](=O)[O-])c1. The van der Waals surface area contributed by atoms with Gasteiger partial charge in [-0.1, -0.05) is 13.3 Å². The van der Waals surface area contributed by atoms with E-state index < -0.39 is 23.4 Å². The molecule has 0 saturated carbocycles. The summed E-state index contributed by atoms with van der Waals surface area (Å²) in [5.41, 5.74) is 0.208. The van der Waals surface area contributed by atoms with Crippen LogP contribution in [0.15, 0.2) is 18.2 Å². The molecular formula is C16H23N3O5. The highest BCUT2D eigenvalue weighted by molar-refractivity contribution is 5.93. The van der Waals surface area contributed by atoms with E-state index in [1.54, 1.807) is 19.0 Å². The standard InChI is InChI=1S/C16H23N3O5/c1-5-6-11(2)17-15(20)10-24-16(21)12-7-8-13(18(3)4)14(9-12)19(22)23/h7-9,11H,5-6,10H2,1-4H3,(H,17,20)/t11-/m0/s1. The predicted octanol–water partition coefficient (Wildman–Crippen LogP) is 2.12. The van der Waals surface area contributed by atoms with Gasteiger partial charge in [-0.15, -0.1) is 0 Å². The van der Waals surface area contributed by atoms with Crippen molar-refractivity contribution in [2.75, 3.05) is 25.6 Å². The van der Waals surface area contributed by atoms with Crippen LogP contribution in [-0.4, -0.2) is 43.5 Å². The van der Waals surface area contributed by atoms with E-state index in [1.165, 1.54) is 12.1 Å². The van der Waals surface area contributed by atoms with Gasteiger partial charge in [0, 0.05) is 26.2 Å². The number of hydrogen-bond acceptors (Lipinski definition) is 6. The molecule has 8 heteroatoms. The van der Waals surface area contributed by atoms with Crippen LogP contribution in [0.5, 0.6) is 0 Å². The van der Waals surface area contributed by atoms with Crippen LogP contribution >= 0.6 is 0 Å². The number of ether oxygens (including phenoxy) is 1. The van der Waals surface area contributed by atoms with E-state index in [4.69, 9.17) is 4.74 Å². The highest BCUT2D eigenvalue weighted by atomic mass is 16.6. The molecule has 8 nitrogen and oxygen atoms in total. The van der Waals surface area contributed by atoms with Crippen LogP contribution < -0.4 is 10.2 Å². The van der Waals surface area contributed by atoms with Gasteiger partial charge in [0.2, 0.25) is 0 Å². The first-order chi connectivity index (χ1) is 11.3. The maximum Gasteiger partial charge on any atom is 0.338 e. The van der Waals surface area contributed by atoms with Gasteiger partial charge in [0.1, 0.15) is 5.69 Å². The van der Waals surface area contributed by atoms with Crippen molar-refractivity contribution in [3.8, 4) is 0 Å². The molecule has 1 atom stereocenters. The van der Waals surface area contributed by atoms with Crippen molar-refractivity contribution in [1.82, 2.24) is 5.32 Å². The summed E-state index contributed by atoms with van der Waals surface area (Å²) in [6.45, 7) is 3.45. The average molecular weight is 337 g/mol. The van der Waals surface area contributed by atoms with Crippen LogP contribution in [0.2, 0.25) is 0 Å². The van der Waals surface area contributed by atoms with E-state index in [-0.39, 0.29) is 17.3 Å². The third-order valence-electron chi connectivity index (χ3n) is 3.35. The first-order valence-corrected chi connectivity index (χ1v) is 7.68. The minimum atomic E-state index is -0.776. The third-order valence-corrected chi connectivity index (χ3v) is 3.35. The van der Waals surface area contributed by atoms with Gasteiger partial charge in [-0.05, 0) is 25.5 Å². The maximum atomic E-state index is 12.0. The molecule has 0 aliphatic carbocycles. The molecule has 0 bridgehead atoms. The van der Waals surface area contributed by atoms with E-state index in [0.29, 0.717) is 5.69 Å². The van der Waals surface area contributed by atoms with Crippen LogP contribution in [0.1, 0.15) is 37.0 Å². The van der Waals surface area contributed by atoms with Gasteiger partial charge in [0.25, 0.3) is 11.6 Å². The van der Waals surface area contributed by atoms with Gasteiger partial charge in [0.15, 0.2) is 6.61 Å². The van der Waals surface area contributed by atoms with Crippen LogP contribution in [0.3, 0.4) is 0 Å². The molecule has 132 valence electrons. The van der Waals surface area contributed by atoms with Gasteiger partial charge in [-0.25, -0.2) is 4.79 Å². The fraction of sp³-hybridized carbons (Fsp3) is 0.500. The van der Waals surface area contributed by atoms with Crippen LogP contribution in [0.4, 0.5) is 11.4 Å². The zero-order valence-electron chi connectivity index (χ0n) is 14.4. The molecule has 0 heterocycles. The summed E-state index contributed by atoms with van der Waals surface area (Å²) in [5, 5.41) is 13.8. The summed E-state index contributed by atoms with van der Waals surface area (Å²) in [4.78, 5) is 35.8. The van der Waals surface area contributed by atoms with Gasteiger partial charge < -0.3 is 15.0 Å². The zero-order valence-corrected chi connectivity index (χ0v) is 14.4. The Kier molecular flexibility index (Phi) is 7.16. The van der Waals surface area contributed by atoms with Crippen molar-refractivity contribution in [3.05, 3.63) is 33.9 Å². The lowest BCUT2D eigenvalue weighted by Gasteiger charge is -2.14. The van der Waals surface area contributed by atoms with E-state index in [2.05, 4.69) is 5.32 Å². The minimum absolute atomic E-state index is 0.00154. The number of amides is 1. The van der Waals surface area contributed by atoms with Crippen LogP contribution in [-0.2, 0) is 9.53 Å². The molecule has 1 rings (SSSR count). The molecular weight excluding hydrogens is 314 g/mol. The second kappa shape index (κ2) is 8.85. The van der Waals surface area contributed by atoms with E-state index in [0.717, 1.165) is 18.9 Å². The molecule has 0 fully saturated rings. The van der Waals surface area contributed by atoms with E-state index >= 15 is 0 Å². The molecule has 0 spiro atoms. The van der Waals surface area contributed by atoms with Crippen molar-refractivity contribution in [2.24, 2.45) is 0 Å². The number of esters is 1. The molecule has 1 aromatic rings. The number of benzene rings is 1. The van der Waals surface area contributed by atoms with Crippen LogP contribution in [0.25, 0.3) is 0 Å². The lowest BCUT2D eigenvalue weighted by molar-refractivity contribution is -0.384. The molecule has 1 aromatic carbocycles. The van der Waals surface area contributed by atoms with Crippen LogP contribution in [0, 0.1) is 10.1 Å². The largest absolute Gasteiger partial charge is 0.452 e. The van der Waals surface area contributed by atoms with Gasteiger partial charge >= 0.3 is 5.97 Å². The molecule has 0 aromatic heterocycles. The third kappa shape index (κ3) is 5.53. The summed E-state index contributed by atoms with van der Waals surface area (Å²) < 4.78 is 4.92. The average Bonchev–Trinajstić information content (AvgIpc) is 2.51. The number of rotatable bonds is 8. The Labute approximate surface area is 140 Å². The first-order valence-electron chi connectivity index (χ1n) is 7.68. The monoisotopic (exact) mass is 337 g/mol. The smallest absolute Gasteiger partial charge is 0.338 e. The van der Waals surface area contributed by atoms with Gasteiger partial charge in [0.05, 0.1) is 10.5 Å². The number of nitro benzene ring substituents is 1. The molecule has 0 aliphatic heterocycles. The second-order valence-corrected chi connectivity index (χ2v) is 5.69. The maximum absolute atomic E-state index is 12.0. The van der Waals surface area contributed by atoms with Gasteiger partial charge in [-0.2, -0.15) is 0 Å². The molecule has 0 aliphatic rings. The number of carbonyl (C=O) groups is 2. The lowest BCUT2D eigenvalue weighted by Crippen LogP contribution is -2.35. The number of anilines is 1. The Morgan fingerprint density at radius 3 is 2.58 bits per heavy atom. The Hall–Kier alpha value is -2.64. The highest BCUT2D eigenvalue weighted by Gasteiger charge is 2.20. The number of carbonyl (C=O) groups excluding carboxylic acids is 2. The van der Waals surface area contributed by atoms with Gasteiger partial charge in [-0.3, -0.25) is 14.9 Å². The topological polar surface area (TPSA) is 102 Å². The molecule has 1 amide bonds. The first kappa shape index (κ1) is 19.4. The van der Waals surface area contributed by atoms with Crippen molar-refractivity contribution in [3.63, 3.8) is 0 Å². The lowest BCUT2D eigenvalue weighted by atomic mass is 10.1. The van der Waals surface area contributed by atoms with E-state index in [9.17, 15) is 19.7 Å². The number of nitrogens with one attached hydrogen (secondary N) is 1. The minimum Gasteiger partial charge on any atom is -0.452 e. The molecule has 0 saturated heterocycles. The molecule has 0 unspecified atom stereocenters. The molecule has 1 N–H and O–H groups in total. The van der Waals surface area contributed by atoms with Crippen molar-refractivity contribution >= 4 is 23.3 Å². The van der Waals surface area contributed by atoms with Crippen molar-refractivity contribution < 1.29 is 19.2 Å². The molecule has 24 heavy (non-hydrogen) atoms. The van der Waals surface area contributed by atoms with Crippen molar-refractivity contribution in [2.45, 2.75) is 32.7 Å². The summed E-state index contributed by atoms with van der Waals surface area (Å²) in [6, 6.07) is 4.05. The highest BCUT2D eigenvalue weighted by Crippen LogP contribution is 2.27. The molecule has 0 radical (unpaired) electrons. The fourth-order valence-electron chi connectivity index (χ4n) is 2.21. The summed E-state index contributed by atoms with van der Waals surface area (Å²) in [5.74, 6) is -1.18. The zero-order chi connectivity index (χ0) is 18.3. The number of nitro groups is 1. The predicted molar refractivity (Wildman–Crippen MR) is 90.2 cm³/mol. The summed E-state index contributed by atoms with van der Waals surface area (Å²) >= 11 is 0. The van der Waals surface area contributed by atoms with E-state index in [1.807, 2.05) is 13.8 Å². The second-order valence-electron chi connectivity index (χ2n) is 5.69. The summed E-state index contributed by atoms with van der Waals surface area (Å²) in [6.07, 6.45) is 1.76. The number of hydrogen-bond donors (Lipinski definition) is 1. The fourth-order valence-corrected chi connectivity index (χ4v) is 2.21. The quantitative estimate of drug-likeness (QED) is 0.443. The Morgan fingerprint density at radius 2 is 2.04 bits per heavy atom. The normalized spacial score (nSPS) is 11.5. The Bertz CT molecular complexity index is 616. The number of nitrogens with zero attached hydrogens (tertiary/aromatic N) is 2. The van der Waals surface area contributed by atoms with Crippen molar-refractivity contribution in [1.29, 1.82) is 0 Å².